The van der Waals surface area contributed by atoms with Crippen LogP contribution in [0, 0.1) is 11.3 Å². The van der Waals surface area contributed by atoms with Gasteiger partial charge >= 0.3 is 0 Å². The van der Waals surface area contributed by atoms with Crippen LogP contribution in [0.2, 0.25) is 0 Å². The highest BCUT2D eigenvalue weighted by Crippen LogP contribution is 2.01. The molecule has 0 aromatic heterocycles. The van der Waals surface area contributed by atoms with Crippen molar-refractivity contribution in [1.82, 2.24) is 0 Å². The monoisotopic (exact) mass is 143 g/mol. The Morgan fingerprint density at radius 3 is 2.50 bits per heavy atom. The molecule has 0 rings (SSSR count). The summed E-state index contributed by atoms with van der Waals surface area (Å²) < 4.78 is 0. The average molecular weight is 143 g/mol. The van der Waals surface area contributed by atoms with Gasteiger partial charge in [-0.3, -0.25) is 0 Å². The second-order valence-corrected chi connectivity index (χ2v) is 2.22. The van der Waals surface area contributed by atoms with E-state index in [0.717, 1.165) is 19.3 Å². The molecular weight excluding hydrogens is 130 g/mol. The molecule has 58 valence electrons. The third kappa shape index (κ3) is 5.54. The predicted molar refractivity (Wildman–Crippen MR) is 37.2 cm³/mol. The lowest BCUT2D eigenvalue weighted by molar-refractivity contribution is 0.211. The summed E-state index contributed by atoms with van der Waals surface area (Å²) in [4.78, 5) is 0. The van der Waals surface area contributed by atoms with E-state index < -0.39 is 6.10 Å². The van der Waals surface area contributed by atoms with Crippen LogP contribution in [0.25, 0.3) is 0 Å². The normalized spacial score (nSPS) is 12.5. The third-order valence-electron chi connectivity index (χ3n) is 1.28. The summed E-state index contributed by atoms with van der Waals surface area (Å²) in [6.45, 7) is 0.197. The van der Waals surface area contributed by atoms with Crippen molar-refractivity contribution in [2.24, 2.45) is 0 Å². The van der Waals surface area contributed by atoms with Crippen molar-refractivity contribution in [2.75, 3.05) is 6.61 Å². The number of nitrogens with zero attached hydrogens (tertiary/aromatic N) is 1. The lowest BCUT2D eigenvalue weighted by Gasteiger charge is -1.99. The van der Waals surface area contributed by atoms with Crippen LogP contribution in [0.1, 0.15) is 25.7 Å². The van der Waals surface area contributed by atoms with Gasteiger partial charge in [0.25, 0.3) is 0 Å². The van der Waals surface area contributed by atoms with Gasteiger partial charge in [0.05, 0.1) is 6.07 Å². The topological polar surface area (TPSA) is 64.2 Å². The Labute approximate surface area is 60.9 Å². The summed E-state index contributed by atoms with van der Waals surface area (Å²) in [5.74, 6) is 0. The van der Waals surface area contributed by atoms with Crippen molar-refractivity contribution >= 4 is 0 Å². The minimum atomic E-state index is -0.821. The van der Waals surface area contributed by atoms with Gasteiger partial charge in [-0.1, -0.05) is 6.42 Å². The zero-order valence-corrected chi connectivity index (χ0v) is 5.95. The molecule has 0 aromatic carbocycles. The van der Waals surface area contributed by atoms with E-state index in [0.29, 0.717) is 6.42 Å². The van der Waals surface area contributed by atoms with Crippen LogP contribution in [0.15, 0.2) is 0 Å². The van der Waals surface area contributed by atoms with Gasteiger partial charge < -0.3 is 10.2 Å². The molecule has 10 heavy (non-hydrogen) atoms. The molecule has 0 amide bonds. The smallest absolute Gasteiger partial charge is 0.140 e. The average Bonchev–Trinajstić information content (AvgIpc) is 1.98. The molecule has 0 bridgehead atoms. The summed E-state index contributed by atoms with van der Waals surface area (Å²) in [6, 6.07) is 1.73. The minimum Gasteiger partial charge on any atom is -0.396 e. The minimum absolute atomic E-state index is 0.197. The maximum absolute atomic E-state index is 8.73. The van der Waals surface area contributed by atoms with E-state index in [2.05, 4.69) is 0 Å². The number of aliphatic hydroxyl groups is 2. The number of nitriles is 1. The Bertz CT molecular complexity index is 109. The maximum Gasteiger partial charge on any atom is 0.140 e. The van der Waals surface area contributed by atoms with Crippen LogP contribution < -0.4 is 0 Å². The lowest BCUT2D eigenvalue weighted by Crippen LogP contribution is -2.01. The molecule has 0 saturated carbocycles. The highest BCUT2D eigenvalue weighted by Gasteiger charge is 1.98. The molecular formula is C7H13NO2. The van der Waals surface area contributed by atoms with Gasteiger partial charge in [-0.25, -0.2) is 0 Å². The molecule has 0 aliphatic heterocycles. The second kappa shape index (κ2) is 6.53. The SMILES string of the molecule is N#CC(O)CCCCCO. The van der Waals surface area contributed by atoms with Crippen molar-refractivity contribution in [1.29, 1.82) is 5.26 Å². The first kappa shape index (κ1) is 9.41. The summed E-state index contributed by atoms with van der Waals surface area (Å²) in [5, 5.41) is 25.2. The molecule has 1 atom stereocenters. The molecule has 0 radical (unpaired) electrons. The lowest BCUT2D eigenvalue weighted by atomic mass is 10.1. The summed E-state index contributed by atoms with van der Waals surface area (Å²) in [6.07, 6.45) is 2.16. The molecule has 0 aliphatic carbocycles. The first-order valence-electron chi connectivity index (χ1n) is 3.49. The Balaban J connectivity index is 2.98. The van der Waals surface area contributed by atoms with Crippen LogP contribution >= 0.6 is 0 Å². The van der Waals surface area contributed by atoms with Gasteiger partial charge in [0.1, 0.15) is 6.10 Å². The molecule has 0 saturated heterocycles. The van der Waals surface area contributed by atoms with Crippen molar-refractivity contribution in [2.45, 2.75) is 31.8 Å². The van der Waals surface area contributed by atoms with Crippen LogP contribution in [0.3, 0.4) is 0 Å². The van der Waals surface area contributed by atoms with Crippen molar-refractivity contribution < 1.29 is 10.2 Å². The number of rotatable bonds is 5. The Kier molecular flexibility index (Phi) is 6.14. The summed E-state index contributed by atoms with van der Waals surface area (Å²) in [5.41, 5.74) is 0. The number of aliphatic hydroxyl groups excluding tert-OH is 2. The van der Waals surface area contributed by atoms with Gasteiger partial charge in [0, 0.05) is 6.61 Å². The van der Waals surface area contributed by atoms with E-state index in [-0.39, 0.29) is 6.61 Å². The third-order valence-corrected chi connectivity index (χ3v) is 1.28. The molecule has 0 fully saturated rings. The number of hydrogen-bond donors (Lipinski definition) is 2. The molecule has 2 N–H and O–H groups in total. The van der Waals surface area contributed by atoms with Gasteiger partial charge in [-0.05, 0) is 19.3 Å². The summed E-state index contributed by atoms with van der Waals surface area (Å²) >= 11 is 0. The van der Waals surface area contributed by atoms with Crippen LogP contribution in [0.4, 0.5) is 0 Å². The molecule has 0 spiro atoms. The van der Waals surface area contributed by atoms with E-state index in [1.54, 1.807) is 6.07 Å². The van der Waals surface area contributed by atoms with Crippen molar-refractivity contribution in [3.63, 3.8) is 0 Å². The van der Waals surface area contributed by atoms with E-state index >= 15 is 0 Å². The van der Waals surface area contributed by atoms with Gasteiger partial charge in [-0.15, -0.1) is 0 Å². The van der Waals surface area contributed by atoms with E-state index in [1.807, 2.05) is 0 Å². The maximum atomic E-state index is 8.73. The number of unbranched alkanes of at least 4 members (excludes halogenated alkanes) is 2. The number of hydrogen-bond acceptors (Lipinski definition) is 3. The van der Waals surface area contributed by atoms with Gasteiger partial charge in [-0.2, -0.15) is 5.26 Å². The van der Waals surface area contributed by atoms with Crippen LogP contribution in [0.5, 0.6) is 0 Å². The van der Waals surface area contributed by atoms with E-state index in [9.17, 15) is 0 Å². The molecule has 0 aromatic rings. The van der Waals surface area contributed by atoms with Gasteiger partial charge in [0.15, 0.2) is 0 Å². The zero-order chi connectivity index (χ0) is 7.82. The van der Waals surface area contributed by atoms with Crippen molar-refractivity contribution in [3.8, 4) is 6.07 Å². The Morgan fingerprint density at radius 1 is 1.30 bits per heavy atom. The standard InChI is InChI=1S/C7H13NO2/c8-6-7(10)4-2-1-3-5-9/h7,9-10H,1-5H2. The molecule has 3 nitrogen and oxygen atoms in total. The summed E-state index contributed by atoms with van der Waals surface area (Å²) in [7, 11) is 0. The predicted octanol–water partition coefficient (Wildman–Crippen LogP) is 0.424. The van der Waals surface area contributed by atoms with Gasteiger partial charge in [0.2, 0.25) is 0 Å². The highest BCUT2D eigenvalue weighted by atomic mass is 16.3. The van der Waals surface area contributed by atoms with E-state index in [1.165, 1.54) is 0 Å². The molecule has 3 heteroatoms. The molecule has 0 aliphatic rings. The van der Waals surface area contributed by atoms with Crippen LogP contribution in [-0.4, -0.2) is 22.9 Å². The Morgan fingerprint density at radius 2 is 2.00 bits per heavy atom. The second-order valence-electron chi connectivity index (χ2n) is 2.22. The molecule has 0 heterocycles. The van der Waals surface area contributed by atoms with Crippen LogP contribution in [-0.2, 0) is 0 Å². The first-order valence-corrected chi connectivity index (χ1v) is 3.49. The largest absolute Gasteiger partial charge is 0.396 e. The fourth-order valence-corrected chi connectivity index (χ4v) is 0.691. The molecule has 1 unspecified atom stereocenters. The Hall–Kier alpha value is -0.590. The fraction of sp³-hybridized carbons (Fsp3) is 0.857. The fourth-order valence-electron chi connectivity index (χ4n) is 0.691. The zero-order valence-electron chi connectivity index (χ0n) is 5.95. The highest BCUT2D eigenvalue weighted by molar-refractivity contribution is 4.81. The van der Waals surface area contributed by atoms with Crippen molar-refractivity contribution in [3.05, 3.63) is 0 Å². The van der Waals surface area contributed by atoms with E-state index in [4.69, 9.17) is 15.5 Å². The quantitative estimate of drug-likeness (QED) is 0.433. The first-order chi connectivity index (χ1) is 4.81.